The number of carbonyl (C=O) groups excluding carboxylic acids is 1. The molecule has 3 rings (SSSR count). The van der Waals surface area contributed by atoms with E-state index in [9.17, 15) is 4.79 Å². The molecule has 1 N–H and O–H groups in total. The van der Waals surface area contributed by atoms with Crippen LogP contribution in [0.25, 0.3) is 0 Å². The number of ether oxygens (including phenoxy) is 2. The van der Waals surface area contributed by atoms with Crippen LogP contribution in [0.2, 0.25) is 5.02 Å². The number of amides is 2. The molecule has 0 bridgehead atoms. The Balaban J connectivity index is 1.80. The van der Waals surface area contributed by atoms with Crippen LogP contribution in [0.5, 0.6) is 11.5 Å². The first-order valence-electron chi connectivity index (χ1n) is 8.52. The van der Waals surface area contributed by atoms with Crippen LogP contribution in [0.3, 0.4) is 0 Å². The molecule has 0 aliphatic carbocycles. The minimum atomic E-state index is -0.235. The van der Waals surface area contributed by atoms with Crippen LogP contribution >= 0.6 is 11.6 Å². The van der Waals surface area contributed by atoms with Crippen LogP contribution in [-0.4, -0.2) is 36.9 Å². The standard InChI is InChI=1S/C18H22ClN3O4/c1-4-11-8-17(26-21-11)14-6-5-7-22(14)18(23)20-13-9-12(19)15(24-2)10-16(13)25-3/h8-10,14H,4-7H2,1-3H3,(H,20,23)/t14-/m0/s1. The number of anilines is 1. The fourth-order valence-electron chi connectivity index (χ4n) is 3.10. The highest BCUT2D eigenvalue weighted by atomic mass is 35.5. The number of hydrogen-bond donors (Lipinski definition) is 1. The molecule has 26 heavy (non-hydrogen) atoms. The lowest BCUT2D eigenvalue weighted by Gasteiger charge is -2.23. The number of nitrogens with zero attached hydrogens (tertiary/aromatic N) is 2. The lowest BCUT2D eigenvalue weighted by atomic mass is 10.1. The summed E-state index contributed by atoms with van der Waals surface area (Å²) in [6, 6.07) is 4.82. The number of benzene rings is 1. The van der Waals surface area contributed by atoms with E-state index in [1.165, 1.54) is 14.2 Å². The molecule has 0 saturated carbocycles. The van der Waals surface area contributed by atoms with Crippen molar-refractivity contribution >= 4 is 23.3 Å². The van der Waals surface area contributed by atoms with Crippen molar-refractivity contribution in [1.82, 2.24) is 10.1 Å². The minimum absolute atomic E-state index is 0.123. The first-order chi connectivity index (χ1) is 12.6. The molecule has 0 spiro atoms. The van der Waals surface area contributed by atoms with Crippen LogP contribution in [0.1, 0.15) is 37.3 Å². The van der Waals surface area contributed by atoms with Crippen molar-refractivity contribution in [3.05, 3.63) is 34.7 Å². The molecular weight excluding hydrogens is 358 g/mol. The minimum Gasteiger partial charge on any atom is -0.495 e. The smallest absolute Gasteiger partial charge is 0.322 e. The highest BCUT2D eigenvalue weighted by molar-refractivity contribution is 6.32. The number of methoxy groups -OCH3 is 2. The Morgan fingerprint density at radius 2 is 2.12 bits per heavy atom. The van der Waals surface area contributed by atoms with Crippen molar-refractivity contribution in [3.8, 4) is 11.5 Å². The number of hydrogen-bond acceptors (Lipinski definition) is 5. The van der Waals surface area contributed by atoms with Gasteiger partial charge in [-0.3, -0.25) is 0 Å². The third kappa shape index (κ3) is 3.58. The molecule has 0 unspecified atom stereocenters. The number of urea groups is 1. The van der Waals surface area contributed by atoms with Crippen LogP contribution < -0.4 is 14.8 Å². The second kappa shape index (κ2) is 7.86. The molecule has 8 heteroatoms. The number of carbonyl (C=O) groups is 1. The van der Waals surface area contributed by atoms with Gasteiger partial charge in [-0.05, 0) is 25.3 Å². The Labute approximate surface area is 157 Å². The monoisotopic (exact) mass is 379 g/mol. The van der Waals surface area contributed by atoms with Gasteiger partial charge in [-0.25, -0.2) is 4.79 Å². The maximum atomic E-state index is 12.8. The van der Waals surface area contributed by atoms with E-state index < -0.39 is 0 Å². The Morgan fingerprint density at radius 1 is 1.35 bits per heavy atom. The van der Waals surface area contributed by atoms with Gasteiger partial charge < -0.3 is 24.2 Å². The zero-order valence-corrected chi connectivity index (χ0v) is 15.8. The molecule has 140 valence electrons. The quantitative estimate of drug-likeness (QED) is 0.839. The molecule has 1 atom stereocenters. The van der Waals surface area contributed by atoms with Gasteiger partial charge in [0.1, 0.15) is 11.5 Å². The maximum absolute atomic E-state index is 12.8. The second-order valence-electron chi connectivity index (χ2n) is 6.04. The van der Waals surface area contributed by atoms with Crippen molar-refractivity contribution in [2.24, 2.45) is 0 Å². The fourth-order valence-corrected chi connectivity index (χ4v) is 3.34. The summed E-state index contributed by atoms with van der Waals surface area (Å²) in [5.74, 6) is 1.67. The SMILES string of the molecule is CCc1cc([C@@H]2CCCN2C(=O)Nc2cc(Cl)c(OC)cc2OC)on1. The number of nitrogens with one attached hydrogen (secondary N) is 1. The van der Waals surface area contributed by atoms with Gasteiger partial charge in [-0.15, -0.1) is 0 Å². The summed E-state index contributed by atoms with van der Waals surface area (Å²) < 4.78 is 15.9. The highest BCUT2D eigenvalue weighted by Crippen LogP contribution is 2.37. The molecule has 2 heterocycles. The molecule has 1 aromatic carbocycles. The topological polar surface area (TPSA) is 76.8 Å². The largest absolute Gasteiger partial charge is 0.495 e. The van der Waals surface area contributed by atoms with Gasteiger partial charge in [0, 0.05) is 18.7 Å². The average Bonchev–Trinajstić information content (AvgIpc) is 3.30. The molecular formula is C18H22ClN3O4. The third-order valence-electron chi connectivity index (χ3n) is 4.50. The Hall–Kier alpha value is -2.41. The van der Waals surface area contributed by atoms with E-state index in [1.54, 1.807) is 17.0 Å². The third-order valence-corrected chi connectivity index (χ3v) is 4.79. The first-order valence-corrected chi connectivity index (χ1v) is 8.89. The summed E-state index contributed by atoms with van der Waals surface area (Å²) in [7, 11) is 3.05. The van der Waals surface area contributed by atoms with Crippen molar-refractivity contribution in [2.75, 3.05) is 26.1 Å². The Kier molecular flexibility index (Phi) is 5.56. The second-order valence-corrected chi connectivity index (χ2v) is 6.45. The van der Waals surface area contributed by atoms with Crippen molar-refractivity contribution in [1.29, 1.82) is 0 Å². The van der Waals surface area contributed by atoms with Gasteiger partial charge in [0.2, 0.25) is 0 Å². The maximum Gasteiger partial charge on any atom is 0.322 e. The lowest BCUT2D eigenvalue weighted by Crippen LogP contribution is -2.34. The summed E-state index contributed by atoms with van der Waals surface area (Å²) in [5.41, 5.74) is 1.37. The molecule has 1 fully saturated rings. The predicted octanol–water partition coefficient (Wildman–Crippen LogP) is 4.28. The summed E-state index contributed by atoms with van der Waals surface area (Å²) in [6.07, 6.45) is 2.54. The molecule has 2 aromatic rings. The van der Waals surface area contributed by atoms with Crippen LogP contribution in [0.15, 0.2) is 22.7 Å². The van der Waals surface area contributed by atoms with Crippen LogP contribution in [0.4, 0.5) is 10.5 Å². The fraction of sp³-hybridized carbons (Fsp3) is 0.444. The zero-order chi connectivity index (χ0) is 18.7. The van der Waals surface area contributed by atoms with Crippen molar-refractivity contribution in [3.63, 3.8) is 0 Å². The number of likely N-dealkylation sites (tertiary alicyclic amines) is 1. The van der Waals surface area contributed by atoms with E-state index in [1.807, 2.05) is 13.0 Å². The van der Waals surface area contributed by atoms with E-state index in [0.717, 1.165) is 25.0 Å². The van der Waals surface area contributed by atoms with Crippen molar-refractivity contribution < 1.29 is 18.8 Å². The van der Waals surface area contributed by atoms with Gasteiger partial charge >= 0.3 is 6.03 Å². The zero-order valence-electron chi connectivity index (χ0n) is 15.0. The molecule has 1 saturated heterocycles. The lowest BCUT2D eigenvalue weighted by molar-refractivity contribution is 0.195. The number of rotatable bonds is 5. The molecule has 1 aliphatic heterocycles. The summed E-state index contributed by atoms with van der Waals surface area (Å²) in [5, 5.41) is 7.30. The molecule has 1 aromatic heterocycles. The number of halogens is 1. The van der Waals surface area contributed by atoms with E-state index in [2.05, 4.69) is 10.5 Å². The highest BCUT2D eigenvalue weighted by Gasteiger charge is 2.33. The summed E-state index contributed by atoms with van der Waals surface area (Å²) in [6.45, 7) is 2.66. The molecule has 0 radical (unpaired) electrons. The van der Waals surface area contributed by atoms with E-state index in [4.69, 9.17) is 25.6 Å². The van der Waals surface area contributed by atoms with Gasteiger partial charge in [-0.1, -0.05) is 23.7 Å². The van der Waals surface area contributed by atoms with Crippen molar-refractivity contribution in [2.45, 2.75) is 32.2 Å². The Bertz CT molecular complexity index is 793. The number of aromatic nitrogens is 1. The van der Waals surface area contributed by atoms with E-state index in [0.29, 0.717) is 34.5 Å². The normalized spacial score (nSPS) is 16.6. The average molecular weight is 380 g/mol. The summed E-state index contributed by atoms with van der Waals surface area (Å²) in [4.78, 5) is 14.6. The number of aryl methyl sites for hydroxylation is 1. The first kappa shape index (κ1) is 18.4. The van der Waals surface area contributed by atoms with Crippen LogP contribution in [-0.2, 0) is 6.42 Å². The molecule has 2 amide bonds. The predicted molar refractivity (Wildman–Crippen MR) is 98.1 cm³/mol. The van der Waals surface area contributed by atoms with Gasteiger partial charge in [0.25, 0.3) is 0 Å². The van der Waals surface area contributed by atoms with E-state index in [-0.39, 0.29) is 12.1 Å². The van der Waals surface area contributed by atoms with Gasteiger partial charge in [0.15, 0.2) is 5.76 Å². The molecule has 7 nitrogen and oxygen atoms in total. The van der Waals surface area contributed by atoms with E-state index >= 15 is 0 Å². The summed E-state index contributed by atoms with van der Waals surface area (Å²) >= 11 is 6.18. The van der Waals surface area contributed by atoms with Gasteiger partial charge in [-0.2, -0.15) is 0 Å². The van der Waals surface area contributed by atoms with Gasteiger partial charge in [0.05, 0.1) is 36.7 Å². The Morgan fingerprint density at radius 3 is 2.77 bits per heavy atom. The van der Waals surface area contributed by atoms with Crippen LogP contribution in [0, 0.1) is 0 Å². The molecule has 1 aliphatic rings.